The van der Waals surface area contributed by atoms with Crippen molar-refractivity contribution in [2.24, 2.45) is 0 Å². The summed E-state index contributed by atoms with van der Waals surface area (Å²) in [6, 6.07) is 5.77. The summed E-state index contributed by atoms with van der Waals surface area (Å²) in [5.74, 6) is -0.512. The maximum atomic E-state index is 14.5. The summed E-state index contributed by atoms with van der Waals surface area (Å²) in [6.45, 7) is 4.49. The van der Waals surface area contributed by atoms with Crippen molar-refractivity contribution in [1.82, 2.24) is 14.9 Å². The molecule has 1 atom stereocenters. The van der Waals surface area contributed by atoms with E-state index in [0.717, 1.165) is 45.3 Å². The van der Waals surface area contributed by atoms with Gasteiger partial charge in [0.15, 0.2) is 0 Å². The van der Waals surface area contributed by atoms with E-state index >= 15 is 0 Å². The molecule has 2 heterocycles. The van der Waals surface area contributed by atoms with Crippen LogP contribution in [-0.4, -0.2) is 72.9 Å². The number of nitrogens with zero attached hydrogens (tertiary/aromatic N) is 3. The molecule has 9 nitrogen and oxygen atoms in total. The van der Waals surface area contributed by atoms with Gasteiger partial charge in [-0.2, -0.15) is 0 Å². The summed E-state index contributed by atoms with van der Waals surface area (Å²) in [5, 5.41) is 6.40. The third-order valence-electron chi connectivity index (χ3n) is 5.65. The van der Waals surface area contributed by atoms with Crippen molar-refractivity contribution in [2.75, 3.05) is 57.2 Å². The number of ether oxygens (including phenoxy) is 3. The SMILES string of the molecule is COC(Cl)C(=O)Nc1cc2c(Nc3cc(Cl)c(Cl)cc3F)ncnc2cc1OCCCN1CCOCC1. The Labute approximate surface area is 228 Å². The normalized spacial score (nSPS) is 14.9. The van der Waals surface area contributed by atoms with Gasteiger partial charge in [0.2, 0.25) is 5.56 Å². The first-order valence-electron chi connectivity index (χ1n) is 11.5. The highest BCUT2D eigenvalue weighted by Gasteiger charge is 2.19. The number of carbonyl (C=O) groups is 1. The second-order valence-corrected chi connectivity index (χ2v) is 9.37. The van der Waals surface area contributed by atoms with Gasteiger partial charge < -0.3 is 24.8 Å². The average molecular weight is 573 g/mol. The summed E-state index contributed by atoms with van der Waals surface area (Å²) in [5.41, 5.74) is -0.296. The predicted octanol–water partition coefficient (Wildman–Crippen LogP) is 5.07. The minimum Gasteiger partial charge on any atom is -0.491 e. The maximum absolute atomic E-state index is 14.5. The van der Waals surface area contributed by atoms with Crippen LogP contribution in [0.15, 0.2) is 30.6 Å². The number of hydrogen-bond donors (Lipinski definition) is 2. The van der Waals surface area contributed by atoms with E-state index in [1.807, 2.05) is 0 Å². The fourth-order valence-electron chi connectivity index (χ4n) is 3.74. The molecule has 1 unspecified atom stereocenters. The number of halogens is 4. The van der Waals surface area contributed by atoms with Gasteiger partial charge in [0.1, 0.15) is 23.7 Å². The largest absolute Gasteiger partial charge is 0.491 e. The van der Waals surface area contributed by atoms with Crippen LogP contribution in [0.4, 0.5) is 21.6 Å². The van der Waals surface area contributed by atoms with E-state index < -0.39 is 17.3 Å². The quantitative estimate of drug-likeness (QED) is 0.197. The molecule has 1 amide bonds. The van der Waals surface area contributed by atoms with Gasteiger partial charge in [-0.25, -0.2) is 14.4 Å². The third kappa shape index (κ3) is 7.10. The summed E-state index contributed by atoms with van der Waals surface area (Å²) < 4.78 is 30.8. The second-order valence-electron chi connectivity index (χ2n) is 8.16. The van der Waals surface area contributed by atoms with Gasteiger partial charge >= 0.3 is 0 Å². The molecule has 1 aromatic heterocycles. The van der Waals surface area contributed by atoms with Crippen LogP contribution >= 0.6 is 34.8 Å². The van der Waals surface area contributed by atoms with Gasteiger partial charge in [-0.1, -0.05) is 34.8 Å². The molecule has 0 bridgehead atoms. The summed E-state index contributed by atoms with van der Waals surface area (Å²) >= 11 is 17.9. The smallest absolute Gasteiger partial charge is 0.269 e. The minimum atomic E-state index is -1.21. The highest BCUT2D eigenvalue weighted by atomic mass is 35.5. The van der Waals surface area contributed by atoms with Gasteiger partial charge in [-0.05, 0) is 24.6 Å². The van der Waals surface area contributed by atoms with Gasteiger partial charge in [0, 0.05) is 38.2 Å². The number of morpholine rings is 1. The van der Waals surface area contributed by atoms with Crippen LogP contribution in [-0.2, 0) is 14.3 Å². The van der Waals surface area contributed by atoms with Crippen molar-refractivity contribution >= 4 is 68.8 Å². The van der Waals surface area contributed by atoms with E-state index in [1.54, 1.807) is 12.1 Å². The molecule has 0 aliphatic carbocycles. The summed E-state index contributed by atoms with van der Waals surface area (Å²) in [4.78, 5) is 23.4. The van der Waals surface area contributed by atoms with Crippen molar-refractivity contribution in [3.05, 3.63) is 46.5 Å². The Bertz CT molecular complexity index is 1260. The molecule has 13 heteroatoms. The van der Waals surface area contributed by atoms with Crippen molar-refractivity contribution in [3.63, 3.8) is 0 Å². The van der Waals surface area contributed by atoms with Gasteiger partial charge in [-0.3, -0.25) is 9.69 Å². The molecule has 0 spiro atoms. The molecule has 3 aromatic rings. The van der Waals surface area contributed by atoms with Crippen LogP contribution in [0.25, 0.3) is 10.9 Å². The lowest BCUT2D eigenvalue weighted by Crippen LogP contribution is -2.37. The lowest BCUT2D eigenvalue weighted by molar-refractivity contribution is -0.121. The number of carbonyl (C=O) groups excluding carboxylic acids is 1. The second kappa shape index (κ2) is 12.9. The van der Waals surface area contributed by atoms with Crippen LogP contribution in [0.1, 0.15) is 6.42 Å². The zero-order valence-electron chi connectivity index (χ0n) is 19.9. The lowest BCUT2D eigenvalue weighted by atomic mass is 10.1. The van der Waals surface area contributed by atoms with E-state index in [1.165, 1.54) is 19.5 Å². The van der Waals surface area contributed by atoms with Crippen LogP contribution < -0.4 is 15.4 Å². The maximum Gasteiger partial charge on any atom is 0.269 e. The molecule has 2 N–H and O–H groups in total. The molecule has 1 aliphatic rings. The molecule has 2 aromatic carbocycles. The highest BCUT2D eigenvalue weighted by Crippen LogP contribution is 2.35. The van der Waals surface area contributed by atoms with Gasteiger partial charge in [0.25, 0.3) is 5.91 Å². The minimum absolute atomic E-state index is 0.0728. The van der Waals surface area contributed by atoms with E-state index in [0.29, 0.717) is 28.9 Å². The van der Waals surface area contributed by atoms with Crippen molar-refractivity contribution < 1.29 is 23.4 Å². The molecule has 1 saturated heterocycles. The number of methoxy groups -OCH3 is 1. The average Bonchev–Trinajstić information content (AvgIpc) is 2.90. The first-order chi connectivity index (χ1) is 17.9. The fourth-order valence-corrected chi connectivity index (χ4v) is 4.11. The summed E-state index contributed by atoms with van der Waals surface area (Å²) in [6.07, 6.45) is 2.11. The van der Waals surface area contributed by atoms with Gasteiger partial charge in [-0.15, -0.1) is 0 Å². The van der Waals surface area contributed by atoms with E-state index in [9.17, 15) is 9.18 Å². The number of benzene rings is 2. The Morgan fingerprint density at radius 1 is 1.16 bits per heavy atom. The Hall–Kier alpha value is -2.47. The Balaban J connectivity index is 1.60. The molecule has 1 fully saturated rings. The fraction of sp³-hybridized carbons (Fsp3) is 0.375. The molecule has 37 heavy (non-hydrogen) atoms. The number of rotatable bonds is 10. The number of anilines is 3. The number of fused-ring (bicyclic) bond motifs is 1. The lowest BCUT2D eigenvalue weighted by Gasteiger charge is -2.26. The predicted molar refractivity (Wildman–Crippen MR) is 142 cm³/mol. The van der Waals surface area contributed by atoms with E-state index in [-0.39, 0.29) is 21.6 Å². The van der Waals surface area contributed by atoms with Crippen LogP contribution in [0, 0.1) is 5.82 Å². The van der Waals surface area contributed by atoms with Crippen molar-refractivity contribution in [1.29, 1.82) is 0 Å². The number of aromatic nitrogens is 2. The molecule has 0 radical (unpaired) electrons. The monoisotopic (exact) mass is 571 g/mol. The molecular weight excluding hydrogens is 548 g/mol. The first kappa shape index (κ1) is 27.6. The van der Waals surface area contributed by atoms with E-state index in [4.69, 9.17) is 49.0 Å². The Morgan fingerprint density at radius 2 is 1.92 bits per heavy atom. The standard InChI is InChI=1S/C24H25Cl3FN5O4/c1-35-22(27)24(34)32-20-9-14-18(12-21(20)37-6-2-3-33-4-7-36-8-5-33)29-13-30-23(14)31-19-11-16(26)15(25)10-17(19)28/h9-13,22H,2-8H2,1H3,(H,32,34)(H,29,30,31). The van der Waals surface area contributed by atoms with Crippen LogP contribution in [0.2, 0.25) is 10.0 Å². The Morgan fingerprint density at radius 3 is 2.68 bits per heavy atom. The Kier molecular flexibility index (Phi) is 9.58. The highest BCUT2D eigenvalue weighted by molar-refractivity contribution is 6.42. The third-order valence-corrected chi connectivity index (χ3v) is 6.75. The topological polar surface area (TPSA) is 97.8 Å². The molecular formula is C24H25Cl3FN5O4. The van der Waals surface area contributed by atoms with Crippen LogP contribution in [0.5, 0.6) is 5.75 Å². The first-order valence-corrected chi connectivity index (χ1v) is 12.7. The number of amides is 1. The van der Waals surface area contributed by atoms with Gasteiger partial charge in [0.05, 0.1) is 46.8 Å². The van der Waals surface area contributed by atoms with Crippen molar-refractivity contribution in [3.8, 4) is 5.75 Å². The zero-order chi connectivity index (χ0) is 26.4. The number of alkyl halides is 1. The molecule has 0 saturated carbocycles. The molecule has 4 rings (SSSR count). The zero-order valence-corrected chi connectivity index (χ0v) is 22.2. The molecule has 198 valence electrons. The molecule has 1 aliphatic heterocycles. The van der Waals surface area contributed by atoms with Crippen molar-refractivity contribution in [2.45, 2.75) is 12.0 Å². The van der Waals surface area contributed by atoms with E-state index in [2.05, 4.69) is 25.5 Å². The number of hydrogen-bond acceptors (Lipinski definition) is 8. The van der Waals surface area contributed by atoms with Crippen LogP contribution in [0.3, 0.4) is 0 Å². The summed E-state index contributed by atoms with van der Waals surface area (Å²) in [7, 11) is 1.32. The number of nitrogens with one attached hydrogen (secondary N) is 2.